The van der Waals surface area contributed by atoms with Gasteiger partial charge in [0.15, 0.2) is 6.20 Å². The van der Waals surface area contributed by atoms with E-state index < -0.39 is 0 Å². The Hall–Kier alpha value is -2.82. The molecular formula is C15H10N2O3. The summed E-state index contributed by atoms with van der Waals surface area (Å²) in [4.78, 5) is 12.2. The highest BCUT2D eigenvalue weighted by molar-refractivity contribution is 6.12. The van der Waals surface area contributed by atoms with Crippen molar-refractivity contribution in [2.75, 3.05) is 7.11 Å². The van der Waals surface area contributed by atoms with Crippen molar-refractivity contribution in [3.63, 3.8) is 0 Å². The van der Waals surface area contributed by atoms with Crippen LogP contribution in [0.15, 0.2) is 47.4 Å². The Bertz CT molecular complexity index is 1020. The highest BCUT2D eigenvalue weighted by atomic mass is 16.5. The lowest BCUT2D eigenvalue weighted by molar-refractivity contribution is -0.576. The molecule has 0 fully saturated rings. The van der Waals surface area contributed by atoms with Crippen molar-refractivity contribution in [1.82, 2.24) is 4.40 Å². The zero-order valence-electron chi connectivity index (χ0n) is 10.7. The first kappa shape index (κ1) is 11.0. The topological polar surface area (TPSA) is 57.7 Å². The first-order chi connectivity index (χ1) is 9.70. The molecule has 0 N–H and O–H groups in total. The lowest BCUT2D eigenvalue weighted by Crippen LogP contribution is -2.27. The molecule has 4 aromatic rings. The minimum absolute atomic E-state index is 0.156. The van der Waals surface area contributed by atoms with E-state index in [0.717, 1.165) is 21.0 Å². The molecule has 20 heavy (non-hydrogen) atoms. The molecule has 98 valence electrons. The van der Waals surface area contributed by atoms with Crippen LogP contribution in [-0.4, -0.2) is 11.5 Å². The van der Waals surface area contributed by atoms with Crippen molar-refractivity contribution in [3.8, 4) is 5.75 Å². The smallest absolute Gasteiger partial charge is 0.256 e. The fourth-order valence-corrected chi connectivity index (χ4v) is 2.77. The Labute approximate surface area is 113 Å². The number of fused-ring (bicyclic) bond motifs is 3. The van der Waals surface area contributed by atoms with Gasteiger partial charge in [-0.2, -0.15) is 4.73 Å². The van der Waals surface area contributed by atoms with Crippen molar-refractivity contribution < 1.29 is 9.47 Å². The van der Waals surface area contributed by atoms with Gasteiger partial charge in [0.05, 0.1) is 12.6 Å². The number of pyridine rings is 2. The van der Waals surface area contributed by atoms with Crippen LogP contribution in [0.1, 0.15) is 0 Å². The summed E-state index contributed by atoms with van der Waals surface area (Å²) < 4.78 is 7.56. The van der Waals surface area contributed by atoms with E-state index >= 15 is 0 Å². The average molecular weight is 266 g/mol. The summed E-state index contributed by atoms with van der Waals surface area (Å²) in [5.74, 6) is 0.676. The Morgan fingerprint density at radius 3 is 2.80 bits per heavy atom. The molecule has 3 heterocycles. The number of benzene rings is 1. The lowest BCUT2D eigenvalue weighted by Gasteiger charge is -2.01. The summed E-state index contributed by atoms with van der Waals surface area (Å²) in [5.41, 5.74) is 1.73. The minimum Gasteiger partial charge on any atom is -0.618 e. The number of rotatable bonds is 1. The second-order valence-electron chi connectivity index (χ2n) is 4.68. The first-order valence-corrected chi connectivity index (χ1v) is 6.17. The van der Waals surface area contributed by atoms with Crippen molar-refractivity contribution in [3.05, 3.63) is 58.2 Å². The van der Waals surface area contributed by atoms with Gasteiger partial charge in [-0.25, -0.2) is 0 Å². The predicted octanol–water partition coefficient (Wildman–Crippen LogP) is 1.69. The fourth-order valence-electron chi connectivity index (χ4n) is 2.77. The average Bonchev–Trinajstić information content (AvgIpc) is 2.80. The Morgan fingerprint density at radius 1 is 1.15 bits per heavy atom. The molecule has 1 aromatic carbocycles. The van der Waals surface area contributed by atoms with Crippen molar-refractivity contribution in [1.29, 1.82) is 0 Å². The summed E-state index contributed by atoms with van der Waals surface area (Å²) >= 11 is 0. The van der Waals surface area contributed by atoms with Gasteiger partial charge in [-0.1, -0.05) is 0 Å². The van der Waals surface area contributed by atoms with Crippen LogP contribution in [-0.2, 0) is 0 Å². The fraction of sp³-hybridized carbons (Fsp3) is 0.0667. The number of aromatic nitrogens is 2. The van der Waals surface area contributed by atoms with Gasteiger partial charge < -0.3 is 9.94 Å². The van der Waals surface area contributed by atoms with Crippen LogP contribution in [0.3, 0.4) is 0 Å². The molecule has 0 saturated heterocycles. The maximum absolute atomic E-state index is 12.2. The van der Waals surface area contributed by atoms with E-state index in [1.165, 1.54) is 12.3 Å². The van der Waals surface area contributed by atoms with Crippen molar-refractivity contribution in [2.24, 2.45) is 0 Å². The Balaban J connectivity index is 2.40. The third-order valence-electron chi connectivity index (χ3n) is 3.68. The van der Waals surface area contributed by atoms with Gasteiger partial charge in [0, 0.05) is 35.0 Å². The van der Waals surface area contributed by atoms with Crippen LogP contribution in [0, 0.1) is 5.21 Å². The number of nitrogens with zero attached hydrogens (tertiary/aromatic N) is 2. The summed E-state index contributed by atoms with van der Waals surface area (Å²) in [5, 5.41) is 13.7. The maximum Gasteiger partial charge on any atom is 0.256 e. The highest BCUT2D eigenvalue weighted by Gasteiger charge is 2.17. The van der Waals surface area contributed by atoms with Crippen LogP contribution in [0.4, 0.5) is 0 Å². The molecule has 0 aliphatic rings. The van der Waals surface area contributed by atoms with Crippen molar-refractivity contribution in [2.45, 2.75) is 0 Å². The molecule has 0 bridgehead atoms. The maximum atomic E-state index is 12.2. The lowest BCUT2D eigenvalue weighted by atomic mass is 10.1. The van der Waals surface area contributed by atoms with E-state index in [9.17, 15) is 10.0 Å². The molecule has 3 aromatic heterocycles. The van der Waals surface area contributed by atoms with Crippen molar-refractivity contribution >= 4 is 27.3 Å². The predicted molar refractivity (Wildman–Crippen MR) is 75.4 cm³/mol. The van der Waals surface area contributed by atoms with E-state index in [-0.39, 0.29) is 5.56 Å². The molecular weight excluding hydrogens is 256 g/mol. The molecule has 5 heteroatoms. The Morgan fingerprint density at radius 2 is 2.00 bits per heavy atom. The van der Waals surface area contributed by atoms with Gasteiger partial charge in [0.1, 0.15) is 11.3 Å². The number of methoxy groups -OCH3 is 1. The monoisotopic (exact) mass is 266 g/mol. The van der Waals surface area contributed by atoms with Crippen LogP contribution in [0.25, 0.3) is 27.3 Å². The largest absolute Gasteiger partial charge is 0.618 e. The van der Waals surface area contributed by atoms with Gasteiger partial charge in [-0.3, -0.25) is 9.20 Å². The van der Waals surface area contributed by atoms with E-state index in [4.69, 9.17) is 4.74 Å². The summed E-state index contributed by atoms with van der Waals surface area (Å²) in [6.45, 7) is 0. The highest BCUT2D eigenvalue weighted by Crippen LogP contribution is 2.31. The second-order valence-corrected chi connectivity index (χ2v) is 4.68. The van der Waals surface area contributed by atoms with Crippen LogP contribution >= 0.6 is 0 Å². The second kappa shape index (κ2) is 3.60. The normalized spacial score (nSPS) is 11.7. The molecule has 0 radical (unpaired) electrons. The third kappa shape index (κ3) is 1.21. The Kier molecular flexibility index (Phi) is 1.99. The van der Waals surface area contributed by atoms with Crippen LogP contribution in [0.2, 0.25) is 0 Å². The van der Waals surface area contributed by atoms with Gasteiger partial charge in [-0.05, 0) is 12.1 Å². The van der Waals surface area contributed by atoms with E-state index in [0.29, 0.717) is 16.8 Å². The van der Waals surface area contributed by atoms with E-state index in [2.05, 4.69) is 0 Å². The van der Waals surface area contributed by atoms with Gasteiger partial charge >= 0.3 is 0 Å². The SMILES string of the molecule is COc1ccc2c3cc[n+]([O-])c4ccc(=O)n(c2c1)c34. The number of hydrogen-bond donors (Lipinski definition) is 0. The summed E-state index contributed by atoms with van der Waals surface area (Å²) in [7, 11) is 1.58. The van der Waals surface area contributed by atoms with Crippen LogP contribution in [0.5, 0.6) is 5.75 Å². The zero-order valence-corrected chi connectivity index (χ0v) is 10.7. The quantitative estimate of drug-likeness (QED) is 0.389. The molecule has 0 aliphatic heterocycles. The molecule has 5 nitrogen and oxygen atoms in total. The zero-order chi connectivity index (χ0) is 13.9. The van der Waals surface area contributed by atoms with Crippen LogP contribution < -0.4 is 15.0 Å². The molecule has 0 amide bonds. The van der Waals surface area contributed by atoms with Gasteiger partial charge in [-0.15, -0.1) is 0 Å². The summed E-state index contributed by atoms with van der Waals surface area (Å²) in [6.07, 6.45) is 1.46. The van der Waals surface area contributed by atoms with Gasteiger partial charge in [0.2, 0.25) is 5.52 Å². The standard InChI is InChI=1S/C15H10N2O3/c1-20-9-2-3-10-11-6-7-16(19)12-4-5-14(18)17(15(11)12)13(10)8-9/h2-8H,1H3. The molecule has 0 spiro atoms. The molecule has 0 atom stereocenters. The van der Waals surface area contributed by atoms with Gasteiger partial charge in [0.25, 0.3) is 5.56 Å². The molecule has 0 unspecified atom stereocenters. The molecule has 4 rings (SSSR count). The van der Waals surface area contributed by atoms with E-state index in [1.807, 2.05) is 18.2 Å². The number of hydrogen-bond acceptors (Lipinski definition) is 3. The minimum atomic E-state index is -0.156. The third-order valence-corrected chi connectivity index (χ3v) is 3.68. The first-order valence-electron chi connectivity index (χ1n) is 6.17. The molecule has 0 aliphatic carbocycles. The molecule has 0 saturated carbocycles. The summed E-state index contributed by atoms with van der Waals surface area (Å²) in [6, 6.07) is 10.3. The van der Waals surface area contributed by atoms with E-state index in [1.54, 1.807) is 23.6 Å². The number of ether oxygens (including phenoxy) is 1.